The molecule has 1 N–H and O–H groups in total. The fourth-order valence-corrected chi connectivity index (χ4v) is 2.88. The first-order chi connectivity index (χ1) is 7.72. The summed E-state index contributed by atoms with van der Waals surface area (Å²) >= 11 is 5.04. The van der Waals surface area contributed by atoms with Gasteiger partial charge in [-0.2, -0.15) is 0 Å². The van der Waals surface area contributed by atoms with Crippen LogP contribution in [-0.2, 0) is 0 Å². The summed E-state index contributed by atoms with van der Waals surface area (Å²) in [6.45, 7) is 5.14. The fraction of sp³-hybridized carbons (Fsp3) is 0.364. The van der Waals surface area contributed by atoms with Crippen molar-refractivity contribution < 1.29 is 4.42 Å². The minimum absolute atomic E-state index is 0.281. The zero-order valence-electron chi connectivity index (χ0n) is 9.16. The van der Waals surface area contributed by atoms with E-state index in [1.165, 1.54) is 0 Å². The van der Waals surface area contributed by atoms with E-state index in [-0.39, 0.29) is 6.04 Å². The summed E-state index contributed by atoms with van der Waals surface area (Å²) < 4.78 is 6.33. The van der Waals surface area contributed by atoms with Crippen molar-refractivity contribution in [3.8, 4) is 10.8 Å². The Balaban J connectivity index is 2.23. The van der Waals surface area contributed by atoms with Crippen LogP contribution in [0, 0.1) is 0 Å². The molecule has 0 aliphatic heterocycles. The van der Waals surface area contributed by atoms with Crippen LogP contribution in [-0.4, -0.2) is 11.5 Å². The van der Waals surface area contributed by atoms with E-state index in [1.54, 1.807) is 17.6 Å². The van der Waals surface area contributed by atoms with Gasteiger partial charge < -0.3 is 9.73 Å². The zero-order chi connectivity index (χ0) is 11.5. The molecule has 2 aromatic rings. The van der Waals surface area contributed by atoms with Crippen molar-refractivity contribution in [3.63, 3.8) is 0 Å². The van der Waals surface area contributed by atoms with Crippen LogP contribution in [0.15, 0.2) is 26.6 Å². The molecule has 16 heavy (non-hydrogen) atoms. The van der Waals surface area contributed by atoms with E-state index in [0.717, 1.165) is 27.5 Å². The van der Waals surface area contributed by atoms with Crippen LogP contribution in [0.25, 0.3) is 10.8 Å². The van der Waals surface area contributed by atoms with Crippen molar-refractivity contribution in [3.05, 3.63) is 27.9 Å². The molecular weight excluding hydrogens is 288 g/mol. The summed E-state index contributed by atoms with van der Waals surface area (Å²) in [5.74, 6) is 0.806. The molecule has 0 saturated heterocycles. The molecule has 1 atom stereocenters. The van der Waals surface area contributed by atoms with Crippen molar-refractivity contribution in [1.82, 2.24) is 10.3 Å². The van der Waals surface area contributed by atoms with Gasteiger partial charge in [-0.1, -0.05) is 6.92 Å². The first kappa shape index (κ1) is 11.8. The number of hydrogen-bond donors (Lipinski definition) is 1. The quantitative estimate of drug-likeness (QED) is 0.932. The van der Waals surface area contributed by atoms with Crippen LogP contribution in [0.3, 0.4) is 0 Å². The number of halogens is 1. The van der Waals surface area contributed by atoms with Crippen molar-refractivity contribution in [2.45, 2.75) is 19.9 Å². The van der Waals surface area contributed by atoms with E-state index in [1.807, 2.05) is 6.07 Å². The maximum Gasteiger partial charge on any atom is 0.176 e. The number of nitrogens with one attached hydrogen (secondary N) is 1. The summed E-state index contributed by atoms with van der Waals surface area (Å²) in [6.07, 6.45) is 1.66. The average Bonchev–Trinajstić information content (AvgIpc) is 2.86. The summed E-state index contributed by atoms with van der Waals surface area (Å²) in [5, 5.41) is 6.32. The largest absolute Gasteiger partial charge is 0.461 e. The van der Waals surface area contributed by atoms with Crippen LogP contribution < -0.4 is 5.32 Å². The van der Waals surface area contributed by atoms with Crippen LogP contribution in [0.2, 0.25) is 0 Å². The van der Waals surface area contributed by atoms with Crippen LogP contribution in [0.5, 0.6) is 0 Å². The molecule has 0 aromatic carbocycles. The van der Waals surface area contributed by atoms with Crippen molar-refractivity contribution >= 4 is 27.3 Å². The highest BCUT2D eigenvalue weighted by atomic mass is 79.9. The Labute approximate surface area is 107 Å². The maximum absolute atomic E-state index is 5.38. The number of furan rings is 1. The van der Waals surface area contributed by atoms with Crippen molar-refractivity contribution in [2.24, 2.45) is 0 Å². The maximum atomic E-state index is 5.38. The van der Waals surface area contributed by atoms with Crippen LogP contribution in [0.4, 0.5) is 0 Å². The Morgan fingerprint density at radius 3 is 3.06 bits per heavy atom. The van der Waals surface area contributed by atoms with E-state index in [0.29, 0.717) is 0 Å². The monoisotopic (exact) mass is 300 g/mol. The van der Waals surface area contributed by atoms with E-state index in [2.05, 4.69) is 45.5 Å². The van der Waals surface area contributed by atoms with Crippen molar-refractivity contribution in [2.75, 3.05) is 6.54 Å². The highest BCUT2D eigenvalue weighted by molar-refractivity contribution is 9.10. The number of aromatic nitrogens is 1. The zero-order valence-corrected chi connectivity index (χ0v) is 11.6. The van der Waals surface area contributed by atoms with Gasteiger partial charge in [0, 0.05) is 11.4 Å². The third-order valence-corrected chi connectivity index (χ3v) is 3.77. The molecule has 1 unspecified atom stereocenters. The molecular formula is C11H13BrN2OS. The first-order valence-corrected chi connectivity index (χ1v) is 6.81. The van der Waals surface area contributed by atoms with E-state index >= 15 is 0 Å². The van der Waals surface area contributed by atoms with E-state index in [9.17, 15) is 0 Å². The third kappa shape index (κ3) is 2.36. The number of nitrogens with zero attached hydrogens (tertiary/aromatic N) is 1. The van der Waals surface area contributed by atoms with Crippen LogP contribution >= 0.6 is 27.3 Å². The van der Waals surface area contributed by atoms with Gasteiger partial charge >= 0.3 is 0 Å². The lowest BCUT2D eigenvalue weighted by Gasteiger charge is -2.07. The first-order valence-electron chi connectivity index (χ1n) is 5.14. The summed E-state index contributed by atoms with van der Waals surface area (Å²) in [5.41, 5.74) is 1.06. The van der Waals surface area contributed by atoms with Gasteiger partial charge in [0.2, 0.25) is 0 Å². The summed E-state index contributed by atoms with van der Waals surface area (Å²) in [4.78, 5) is 4.56. The number of rotatable bonds is 4. The second-order valence-corrected chi connectivity index (χ2v) is 5.17. The lowest BCUT2D eigenvalue weighted by Crippen LogP contribution is -2.17. The number of thiazole rings is 1. The Morgan fingerprint density at radius 2 is 2.44 bits per heavy atom. The SMILES string of the molecule is CCNC(C)c1csc(-c2occc2Br)n1. The Hall–Kier alpha value is -0.650. The third-order valence-electron chi connectivity index (χ3n) is 2.29. The number of hydrogen-bond acceptors (Lipinski definition) is 4. The fourth-order valence-electron chi connectivity index (χ4n) is 1.45. The Morgan fingerprint density at radius 1 is 1.62 bits per heavy atom. The Kier molecular flexibility index (Phi) is 3.78. The molecule has 2 rings (SSSR count). The lowest BCUT2D eigenvalue weighted by atomic mass is 10.2. The molecule has 0 radical (unpaired) electrons. The van der Waals surface area contributed by atoms with Gasteiger partial charge in [-0.25, -0.2) is 4.98 Å². The highest BCUT2D eigenvalue weighted by Crippen LogP contribution is 2.32. The Bertz CT molecular complexity index is 466. The molecule has 3 nitrogen and oxygen atoms in total. The van der Waals surface area contributed by atoms with Gasteiger partial charge in [0.05, 0.1) is 16.4 Å². The molecule has 0 aliphatic carbocycles. The smallest absolute Gasteiger partial charge is 0.176 e. The van der Waals surface area contributed by atoms with E-state index in [4.69, 9.17) is 4.42 Å². The average molecular weight is 301 g/mol. The van der Waals surface area contributed by atoms with Gasteiger partial charge in [-0.3, -0.25) is 0 Å². The molecule has 0 aliphatic rings. The highest BCUT2D eigenvalue weighted by Gasteiger charge is 2.14. The standard InChI is InChI=1S/C11H13BrN2OS/c1-3-13-7(2)9-6-16-11(14-9)10-8(12)4-5-15-10/h4-7,13H,3H2,1-2H3. The lowest BCUT2D eigenvalue weighted by molar-refractivity contribution is 0.574. The molecule has 2 heterocycles. The molecule has 0 saturated carbocycles. The molecule has 0 bridgehead atoms. The second kappa shape index (κ2) is 5.12. The summed E-state index contributed by atoms with van der Waals surface area (Å²) in [6, 6.07) is 2.16. The molecule has 0 amide bonds. The molecule has 5 heteroatoms. The van der Waals surface area contributed by atoms with Gasteiger partial charge in [0.1, 0.15) is 0 Å². The minimum Gasteiger partial charge on any atom is -0.461 e. The normalized spacial score (nSPS) is 12.9. The minimum atomic E-state index is 0.281. The molecule has 2 aromatic heterocycles. The van der Waals surface area contributed by atoms with Crippen molar-refractivity contribution in [1.29, 1.82) is 0 Å². The van der Waals surface area contributed by atoms with Gasteiger partial charge in [-0.15, -0.1) is 11.3 Å². The topological polar surface area (TPSA) is 38.1 Å². The van der Waals surface area contributed by atoms with Gasteiger partial charge in [0.15, 0.2) is 10.8 Å². The molecule has 0 fully saturated rings. The molecule has 86 valence electrons. The molecule has 0 spiro atoms. The van der Waals surface area contributed by atoms with Crippen LogP contribution in [0.1, 0.15) is 25.6 Å². The predicted molar refractivity (Wildman–Crippen MR) is 69.6 cm³/mol. The van der Waals surface area contributed by atoms with Gasteiger partial charge in [0.25, 0.3) is 0 Å². The summed E-state index contributed by atoms with van der Waals surface area (Å²) in [7, 11) is 0. The predicted octanol–water partition coefficient (Wildman–Crippen LogP) is 3.84. The van der Waals surface area contributed by atoms with Gasteiger partial charge in [-0.05, 0) is 35.5 Å². The second-order valence-electron chi connectivity index (χ2n) is 3.45. The van der Waals surface area contributed by atoms with E-state index < -0.39 is 0 Å².